The van der Waals surface area contributed by atoms with Crippen LogP contribution in [-0.4, -0.2) is 29.1 Å². The number of hydrogen-bond acceptors (Lipinski definition) is 3. The van der Waals surface area contributed by atoms with E-state index in [1.807, 2.05) is 12.1 Å². The van der Waals surface area contributed by atoms with E-state index in [1.165, 1.54) is 0 Å². The van der Waals surface area contributed by atoms with E-state index in [2.05, 4.69) is 21.2 Å². The molecule has 0 spiro atoms. The van der Waals surface area contributed by atoms with Crippen LogP contribution in [0.15, 0.2) is 28.7 Å². The molecule has 6 heteroatoms. The summed E-state index contributed by atoms with van der Waals surface area (Å²) in [6.07, 6.45) is 1.19. The highest BCUT2D eigenvalue weighted by Gasteiger charge is 2.31. The van der Waals surface area contributed by atoms with Crippen molar-refractivity contribution in [1.29, 1.82) is 0 Å². The maximum absolute atomic E-state index is 12.1. The zero-order valence-corrected chi connectivity index (χ0v) is 13.3. The van der Waals surface area contributed by atoms with Crippen LogP contribution in [0.2, 0.25) is 0 Å². The predicted octanol–water partition coefficient (Wildman–Crippen LogP) is 2.59. The van der Waals surface area contributed by atoms with Crippen LogP contribution in [0.1, 0.15) is 26.2 Å². The number of carboxylic acids is 1. The number of nitrogens with one attached hydrogen (secondary N) is 1. The third-order valence-corrected chi connectivity index (χ3v) is 4.15. The molecule has 1 saturated carbocycles. The van der Waals surface area contributed by atoms with Crippen molar-refractivity contribution in [3.63, 3.8) is 0 Å². The highest BCUT2D eigenvalue weighted by molar-refractivity contribution is 9.10. The summed E-state index contributed by atoms with van der Waals surface area (Å²) in [6.45, 7) is 1.68. The van der Waals surface area contributed by atoms with Gasteiger partial charge in [-0.25, -0.2) is 0 Å². The summed E-state index contributed by atoms with van der Waals surface area (Å²) in [4.78, 5) is 22.9. The Morgan fingerprint density at radius 2 is 2.00 bits per heavy atom. The minimum atomic E-state index is -0.786. The Kier molecular flexibility index (Phi) is 5.22. The van der Waals surface area contributed by atoms with Gasteiger partial charge in [0.05, 0.1) is 5.92 Å². The Morgan fingerprint density at radius 1 is 1.33 bits per heavy atom. The fourth-order valence-electron chi connectivity index (χ4n) is 2.43. The van der Waals surface area contributed by atoms with Crippen LogP contribution in [0, 0.1) is 5.92 Å². The number of carbonyl (C=O) groups is 2. The molecule has 3 atom stereocenters. The SMILES string of the molecule is CC(Oc1ccc(Br)cc1)C(=O)N[C@H]1CC[C@@H](C(=O)O)C1. The number of amides is 1. The lowest BCUT2D eigenvalue weighted by molar-refractivity contribution is -0.141. The molecule has 0 saturated heterocycles. The lowest BCUT2D eigenvalue weighted by atomic mass is 10.1. The molecule has 1 aliphatic rings. The van der Waals surface area contributed by atoms with Crippen molar-refractivity contribution in [2.45, 2.75) is 38.3 Å². The summed E-state index contributed by atoms with van der Waals surface area (Å²) in [5.41, 5.74) is 0. The lowest BCUT2D eigenvalue weighted by Crippen LogP contribution is -2.41. The first kappa shape index (κ1) is 15.8. The highest BCUT2D eigenvalue weighted by atomic mass is 79.9. The minimum absolute atomic E-state index is 0.0745. The predicted molar refractivity (Wildman–Crippen MR) is 81.1 cm³/mol. The summed E-state index contributed by atoms with van der Waals surface area (Å²) in [5, 5.41) is 11.8. The van der Waals surface area contributed by atoms with E-state index in [0.29, 0.717) is 25.0 Å². The molecule has 1 fully saturated rings. The smallest absolute Gasteiger partial charge is 0.306 e. The van der Waals surface area contributed by atoms with Gasteiger partial charge in [-0.05, 0) is 50.5 Å². The quantitative estimate of drug-likeness (QED) is 0.850. The van der Waals surface area contributed by atoms with Crippen molar-refractivity contribution in [2.24, 2.45) is 5.92 Å². The molecule has 0 bridgehead atoms. The third kappa shape index (κ3) is 4.46. The second-order valence-electron chi connectivity index (χ2n) is 5.27. The molecule has 1 amide bonds. The first-order valence-corrected chi connectivity index (χ1v) is 7.70. The molecular weight excluding hydrogens is 338 g/mol. The maximum Gasteiger partial charge on any atom is 0.306 e. The van der Waals surface area contributed by atoms with Crippen LogP contribution >= 0.6 is 15.9 Å². The molecule has 1 aromatic carbocycles. The van der Waals surface area contributed by atoms with Gasteiger partial charge in [-0.15, -0.1) is 0 Å². The lowest BCUT2D eigenvalue weighted by Gasteiger charge is -2.18. The number of ether oxygens (including phenoxy) is 1. The number of hydrogen-bond donors (Lipinski definition) is 2. The van der Waals surface area contributed by atoms with Crippen molar-refractivity contribution in [3.8, 4) is 5.75 Å². The monoisotopic (exact) mass is 355 g/mol. The average molecular weight is 356 g/mol. The van der Waals surface area contributed by atoms with Gasteiger partial charge in [0.1, 0.15) is 5.75 Å². The van der Waals surface area contributed by atoms with Gasteiger partial charge in [0, 0.05) is 10.5 Å². The summed E-state index contributed by atoms with van der Waals surface area (Å²) in [7, 11) is 0. The van der Waals surface area contributed by atoms with E-state index < -0.39 is 12.1 Å². The molecule has 0 aromatic heterocycles. The molecule has 21 heavy (non-hydrogen) atoms. The summed E-state index contributed by atoms with van der Waals surface area (Å²) >= 11 is 3.33. The highest BCUT2D eigenvalue weighted by Crippen LogP contribution is 2.25. The van der Waals surface area contributed by atoms with Crippen LogP contribution in [0.3, 0.4) is 0 Å². The zero-order valence-electron chi connectivity index (χ0n) is 11.7. The fraction of sp³-hybridized carbons (Fsp3) is 0.467. The van der Waals surface area contributed by atoms with Gasteiger partial charge in [0.25, 0.3) is 5.91 Å². The van der Waals surface area contributed by atoms with Crippen LogP contribution < -0.4 is 10.1 Å². The molecule has 1 unspecified atom stereocenters. The second-order valence-corrected chi connectivity index (χ2v) is 6.18. The Hall–Kier alpha value is -1.56. The number of benzene rings is 1. The van der Waals surface area contributed by atoms with E-state index in [9.17, 15) is 9.59 Å². The van der Waals surface area contributed by atoms with Crippen molar-refractivity contribution in [1.82, 2.24) is 5.32 Å². The third-order valence-electron chi connectivity index (χ3n) is 3.62. The number of rotatable bonds is 5. The van der Waals surface area contributed by atoms with E-state index in [1.54, 1.807) is 19.1 Å². The van der Waals surface area contributed by atoms with Crippen LogP contribution in [-0.2, 0) is 9.59 Å². The number of halogens is 1. The molecule has 114 valence electrons. The van der Waals surface area contributed by atoms with E-state index in [0.717, 1.165) is 4.47 Å². The molecule has 1 aliphatic carbocycles. The van der Waals surface area contributed by atoms with Gasteiger partial charge < -0.3 is 15.2 Å². The molecule has 1 aromatic rings. The normalized spacial score (nSPS) is 22.6. The Bertz CT molecular complexity index is 517. The van der Waals surface area contributed by atoms with E-state index in [-0.39, 0.29) is 17.9 Å². The average Bonchev–Trinajstić information content (AvgIpc) is 2.90. The van der Waals surface area contributed by atoms with Gasteiger partial charge >= 0.3 is 5.97 Å². The number of carboxylic acid groups (broad SMARTS) is 1. The van der Waals surface area contributed by atoms with Gasteiger partial charge in [-0.1, -0.05) is 15.9 Å². The van der Waals surface area contributed by atoms with Gasteiger partial charge in [0.15, 0.2) is 6.10 Å². The standard InChI is InChI=1S/C15H18BrNO4/c1-9(21-13-6-3-11(16)4-7-13)14(18)17-12-5-2-10(8-12)15(19)20/h3-4,6-7,9-10,12H,2,5,8H2,1H3,(H,17,18)(H,19,20)/t9?,10-,12+/m1/s1. The topological polar surface area (TPSA) is 75.6 Å². The summed E-state index contributed by atoms with van der Waals surface area (Å²) in [6, 6.07) is 7.17. The minimum Gasteiger partial charge on any atom is -0.481 e. The van der Waals surface area contributed by atoms with Gasteiger partial charge in [0.2, 0.25) is 0 Å². The first-order valence-electron chi connectivity index (χ1n) is 6.91. The molecule has 0 aliphatic heterocycles. The Morgan fingerprint density at radius 3 is 2.57 bits per heavy atom. The van der Waals surface area contributed by atoms with Crippen molar-refractivity contribution >= 4 is 27.8 Å². The van der Waals surface area contributed by atoms with E-state index in [4.69, 9.17) is 9.84 Å². The van der Waals surface area contributed by atoms with E-state index >= 15 is 0 Å². The number of aliphatic carboxylic acids is 1. The molecule has 5 nitrogen and oxygen atoms in total. The van der Waals surface area contributed by atoms with Crippen LogP contribution in [0.5, 0.6) is 5.75 Å². The van der Waals surface area contributed by atoms with Crippen molar-refractivity contribution in [2.75, 3.05) is 0 Å². The van der Waals surface area contributed by atoms with Crippen LogP contribution in [0.4, 0.5) is 0 Å². The molecule has 2 rings (SSSR count). The Balaban J connectivity index is 1.83. The fourth-order valence-corrected chi connectivity index (χ4v) is 2.69. The summed E-state index contributed by atoms with van der Waals surface area (Å²) in [5.74, 6) is -0.728. The molecule has 2 N–H and O–H groups in total. The maximum atomic E-state index is 12.1. The largest absolute Gasteiger partial charge is 0.481 e. The zero-order chi connectivity index (χ0) is 15.4. The van der Waals surface area contributed by atoms with Gasteiger partial charge in [-0.3, -0.25) is 9.59 Å². The summed E-state index contributed by atoms with van der Waals surface area (Å²) < 4.78 is 6.51. The number of carbonyl (C=O) groups excluding carboxylic acids is 1. The van der Waals surface area contributed by atoms with Crippen LogP contribution in [0.25, 0.3) is 0 Å². The Labute approximate surface area is 131 Å². The van der Waals surface area contributed by atoms with Gasteiger partial charge in [-0.2, -0.15) is 0 Å². The van der Waals surface area contributed by atoms with Crippen molar-refractivity contribution < 1.29 is 19.4 Å². The van der Waals surface area contributed by atoms with Crippen molar-refractivity contribution in [3.05, 3.63) is 28.7 Å². The second kappa shape index (κ2) is 6.93. The molecule has 0 heterocycles. The molecular formula is C15H18BrNO4. The first-order chi connectivity index (χ1) is 9.95. The molecule has 0 radical (unpaired) electrons.